The van der Waals surface area contributed by atoms with Crippen LogP contribution in [0.3, 0.4) is 0 Å². The summed E-state index contributed by atoms with van der Waals surface area (Å²) in [4.78, 5) is 23.4. The Morgan fingerprint density at radius 3 is 2.33 bits per heavy atom. The molecule has 0 saturated heterocycles. The minimum Gasteiger partial charge on any atom is -0.434 e. The normalized spacial score (nSPS) is 10.1. The average Bonchev–Trinajstić information content (AvgIpc) is 2.59. The van der Waals surface area contributed by atoms with Gasteiger partial charge in [0.15, 0.2) is 0 Å². The van der Waals surface area contributed by atoms with Crippen LogP contribution in [0.4, 0.5) is 13.6 Å². The first kappa shape index (κ1) is 17.2. The number of ether oxygens (including phenoxy) is 1. The van der Waals surface area contributed by atoms with Crippen LogP contribution < -0.4 is 20.9 Å². The minimum absolute atomic E-state index is 0.0267. The van der Waals surface area contributed by atoms with Gasteiger partial charge < -0.3 is 10.1 Å². The Balaban J connectivity index is 1.82. The fourth-order valence-electron chi connectivity index (χ4n) is 1.86. The molecular weight excluding hydrogens is 320 g/mol. The zero-order valence-electron chi connectivity index (χ0n) is 12.5. The van der Waals surface area contributed by atoms with Gasteiger partial charge in [-0.25, -0.2) is 10.2 Å². The smallest absolute Gasteiger partial charge is 0.387 e. The van der Waals surface area contributed by atoms with Crippen molar-refractivity contribution in [2.75, 3.05) is 0 Å². The van der Waals surface area contributed by atoms with Crippen LogP contribution in [0.15, 0.2) is 54.6 Å². The van der Waals surface area contributed by atoms with E-state index in [1.54, 1.807) is 48.5 Å². The summed E-state index contributed by atoms with van der Waals surface area (Å²) in [5.74, 6) is -0.506. The highest BCUT2D eigenvalue weighted by Gasteiger charge is 2.10. The molecule has 0 saturated carbocycles. The van der Waals surface area contributed by atoms with Crippen LogP contribution in [0.25, 0.3) is 0 Å². The maximum atomic E-state index is 12.3. The van der Waals surface area contributed by atoms with E-state index in [4.69, 9.17) is 0 Å². The zero-order chi connectivity index (χ0) is 17.4. The van der Waals surface area contributed by atoms with E-state index in [1.165, 1.54) is 6.07 Å². The summed E-state index contributed by atoms with van der Waals surface area (Å²) in [6, 6.07) is 13.7. The maximum Gasteiger partial charge on any atom is 0.387 e. The van der Waals surface area contributed by atoms with Gasteiger partial charge in [0.05, 0.1) is 0 Å². The fourth-order valence-corrected chi connectivity index (χ4v) is 1.86. The predicted molar refractivity (Wildman–Crippen MR) is 82.4 cm³/mol. The molecule has 8 heteroatoms. The molecule has 0 unspecified atom stereocenters. The third-order valence-electron chi connectivity index (χ3n) is 2.95. The number of hydrogen-bond acceptors (Lipinski definition) is 3. The molecule has 3 amide bonds. The highest BCUT2D eigenvalue weighted by molar-refractivity contribution is 5.95. The van der Waals surface area contributed by atoms with Gasteiger partial charge in [-0.15, -0.1) is 0 Å². The van der Waals surface area contributed by atoms with Crippen LogP contribution in [0.2, 0.25) is 0 Å². The highest BCUT2D eigenvalue weighted by Crippen LogP contribution is 2.19. The van der Waals surface area contributed by atoms with Gasteiger partial charge in [0.25, 0.3) is 5.91 Å². The summed E-state index contributed by atoms with van der Waals surface area (Å²) in [5, 5.41) is 2.43. The molecule has 2 aromatic carbocycles. The highest BCUT2D eigenvalue weighted by atomic mass is 19.3. The van der Waals surface area contributed by atoms with Crippen LogP contribution in [0, 0.1) is 0 Å². The van der Waals surface area contributed by atoms with Gasteiger partial charge in [0, 0.05) is 17.7 Å². The van der Waals surface area contributed by atoms with Crippen molar-refractivity contribution in [3.05, 3.63) is 65.7 Å². The van der Waals surface area contributed by atoms with Crippen molar-refractivity contribution in [3.63, 3.8) is 0 Å². The molecule has 0 spiro atoms. The van der Waals surface area contributed by atoms with E-state index in [0.29, 0.717) is 11.1 Å². The molecule has 0 aliphatic heterocycles. The number of hydrogen-bond donors (Lipinski definition) is 3. The summed E-state index contributed by atoms with van der Waals surface area (Å²) >= 11 is 0. The molecule has 6 nitrogen and oxygen atoms in total. The lowest BCUT2D eigenvalue weighted by molar-refractivity contribution is -0.0504. The first-order chi connectivity index (χ1) is 11.6. The number of hydrazine groups is 1. The summed E-state index contributed by atoms with van der Waals surface area (Å²) < 4.78 is 29.0. The molecule has 0 heterocycles. The molecule has 0 atom stereocenters. The van der Waals surface area contributed by atoms with Crippen LogP contribution in [0.5, 0.6) is 5.75 Å². The molecular formula is C16H15F2N3O3. The second-order valence-corrected chi connectivity index (χ2v) is 4.61. The standard InChI is InChI=1S/C16H15F2N3O3/c17-15(18)24-13-9-5-4-8-12(13)10-19-16(23)21-20-14(22)11-6-2-1-3-7-11/h1-9,15H,10H2,(H,20,22)(H2,19,21,23). The number of rotatable bonds is 5. The van der Waals surface area contributed by atoms with E-state index in [2.05, 4.69) is 20.9 Å². The van der Waals surface area contributed by atoms with Crippen molar-refractivity contribution < 1.29 is 23.1 Å². The average molecular weight is 335 g/mol. The molecule has 0 bridgehead atoms. The van der Waals surface area contributed by atoms with E-state index >= 15 is 0 Å². The van der Waals surface area contributed by atoms with Gasteiger partial charge in [-0.05, 0) is 18.2 Å². The quantitative estimate of drug-likeness (QED) is 0.734. The Hall–Kier alpha value is -3.16. The maximum absolute atomic E-state index is 12.3. The molecule has 126 valence electrons. The first-order valence-electron chi connectivity index (χ1n) is 6.98. The monoisotopic (exact) mass is 335 g/mol. The third-order valence-corrected chi connectivity index (χ3v) is 2.95. The van der Waals surface area contributed by atoms with E-state index in [-0.39, 0.29) is 12.3 Å². The van der Waals surface area contributed by atoms with Crippen molar-refractivity contribution in [1.82, 2.24) is 16.2 Å². The third kappa shape index (κ3) is 5.24. The number of para-hydroxylation sites is 1. The number of benzene rings is 2. The lowest BCUT2D eigenvalue weighted by Crippen LogP contribution is -2.46. The largest absolute Gasteiger partial charge is 0.434 e. The molecule has 0 aliphatic carbocycles. The van der Waals surface area contributed by atoms with Gasteiger partial charge in [0.1, 0.15) is 5.75 Å². The van der Waals surface area contributed by atoms with Gasteiger partial charge in [-0.3, -0.25) is 10.2 Å². The van der Waals surface area contributed by atoms with Gasteiger partial charge in [-0.2, -0.15) is 8.78 Å². The Kier molecular flexibility index (Phi) is 6.07. The van der Waals surface area contributed by atoms with Crippen molar-refractivity contribution in [2.45, 2.75) is 13.2 Å². The molecule has 0 radical (unpaired) electrons. The van der Waals surface area contributed by atoms with Crippen LogP contribution in [-0.4, -0.2) is 18.5 Å². The Labute approximate surface area is 136 Å². The number of urea groups is 1. The lowest BCUT2D eigenvalue weighted by Gasteiger charge is -2.12. The molecule has 24 heavy (non-hydrogen) atoms. The fraction of sp³-hybridized carbons (Fsp3) is 0.125. The van der Waals surface area contributed by atoms with Crippen molar-refractivity contribution in [2.24, 2.45) is 0 Å². The van der Waals surface area contributed by atoms with Gasteiger partial charge in [-0.1, -0.05) is 36.4 Å². The van der Waals surface area contributed by atoms with Crippen LogP contribution in [-0.2, 0) is 6.54 Å². The van der Waals surface area contributed by atoms with E-state index in [0.717, 1.165) is 0 Å². The number of alkyl halides is 2. The van der Waals surface area contributed by atoms with E-state index in [9.17, 15) is 18.4 Å². The van der Waals surface area contributed by atoms with Crippen LogP contribution in [0.1, 0.15) is 15.9 Å². The summed E-state index contributed by atoms with van der Waals surface area (Å²) in [7, 11) is 0. The van der Waals surface area contributed by atoms with Gasteiger partial charge >= 0.3 is 12.6 Å². The molecule has 2 aromatic rings. The SMILES string of the molecule is O=C(NCc1ccccc1OC(F)F)NNC(=O)c1ccccc1. The number of halogens is 2. The minimum atomic E-state index is -2.95. The van der Waals surface area contributed by atoms with E-state index in [1.807, 2.05) is 0 Å². The predicted octanol–water partition coefficient (Wildman–Crippen LogP) is 2.43. The van der Waals surface area contributed by atoms with Crippen molar-refractivity contribution >= 4 is 11.9 Å². The summed E-state index contributed by atoms with van der Waals surface area (Å²) in [6.07, 6.45) is 0. The second kappa shape index (κ2) is 8.47. The number of carbonyl (C=O) groups is 2. The Morgan fingerprint density at radius 1 is 0.958 bits per heavy atom. The Morgan fingerprint density at radius 2 is 1.62 bits per heavy atom. The number of carbonyl (C=O) groups excluding carboxylic acids is 2. The van der Waals surface area contributed by atoms with Crippen molar-refractivity contribution in [1.29, 1.82) is 0 Å². The first-order valence-corrected chi connectivity index (χ1v) is 6.98. The van der Waals surface area contributed by atoms with Gasteiger partial charge in [0.2, 0.25) is 0 Å². The van der Waals surface area contributed by atoms with Crippen LogP contribution >= 0.6 is 0 Å². The molecule has 3 N–H and O–H groups in total. The lowest BCUT2D eigenvalue weighted by atomic mass is 10.2. The molecule has 0 aliphatic rings. The summed E-state index contributed by atoms with van der Waals surface area (Å²) in [6.45, 7) is -3.00. The van der Waals surface area contributed by atoms with Crippen molar-refractivity contribution in [3.8, 4) is 5.75 Å². The number of amides is 3. The molecule has 2 rings (SSSR count). The summed E-state index contributed by atoms with van der Waals surface area (Å²) in [5.41, 5.74) is 5.16. The molecule has 0 fully saturated rings. The topological polar surface area (TPSA) is 79.5 Å². The molecule has 0 aromatic heterocycles. The number of nitrogens with one attached hydrogen (secondary N) is 3. The zero-order valence-corrected chi connectivity index (χ0v) is 12.5. The van der Waals surface area contributed by atoms with E-state index < -0.39 is 18.5 Å². The second-order valence-electron chi connectivity index (χ2n) is 4.61. The Bertz CT molecular complexity index is 696.